The first-order valence-electron chi connectivity index (χ1n) is 19.2. The Morgan fingerprint density at radius 1 is 0.508 bits per heavy atom. The van der Waals surface area contributed by atoms with Crippen LogP contribution in [0.25, 0.3) is 83.3 Å². The average Bonchev–Trinajstić information content (AvgIpc) is 3.99. The van der Waals surface area contributed by atoms with Gasteiger partial charge in [0.1, 0.15) is 0 Å². The molecule has 0 aliphatic carbocycles. The highest BCUT2D eigenvalue weighted by Crippen LogP contribution is 2.44. The van der Waals surface area contributed by atoms with E-state index >= 15 is 0 Å². The Bertz CT molecular complexity index is 3380. The zero-order valence-electron chi connectivity index (χ0n) is 31.9. The van der Waals surface area contributed by atoms with Crippen LogP contribution in [0.3, 0.4) is 0 Å². The van der Waals surface area contributed by atoms with Crippen LogP contribution in [-0.2, 0) is 13.1 Å². The molecule has 4 heterocycles. The number of rotatable bonds is 7. The van der Waals surface area contributed by atoms with Crippen molar-refractivity contribution in [2.45, 2.75) is 13.1 Å². The summed E-state index contributed by atoms with van der Waals surface area (Å²) in [4.78, 5) is 23.4. The van der Waals surface area contributed by atoms with Crippen LogP contribution < -0.4 is 0 Å². The number of aromatic nitrogens is 2. The Balaban J connectivity index is 0.000000153. The molecule has 4 aromatic heterocycles. The third-order valence-corrected chi connectivity index (χ3v) is 14.0. The molecule has 0 spiro atoms. The molecule has 0 aliphatic heterocycles. The first-order valence-corrected chi connectivity index (χ1v) is 21.7. The fourth-order valence-corrected chi connectivity index (χ4v) is 11.4. The topological polar surface area (TPSA) is 62.9 Å². The lowest BCUT2D eigenvalue weighted by Gasteiger charge is -2.08. The maximum atomic E-state index is 5.19. The molecule has 8 heteroatoms. The van der Waals surface area contributed by atoms with E-state index in [1.165, 1.54) is 61.6 Å². The summed E-state index contributed by atoms with van der Waals surface area (Å²) < 4.78 is 7.32. The molecule has 282 valence electrons. The van der Waals surface area contributed by atoms with Gasteiger partial charge in [-0.3, -0.25) is 9.98 Å². The van der Waals surface area contributed by atoms with Gasteiger partial charge < -0.3 is 0 Å². The summed E-state index contributed by atoms with van der Waals surface area (Å²) in [5, 5.41) is 6.19. The van der Waals surface area contributed by atoms with Crippen molar-refractivity contribution in [3.05, 3.63) is 180 Å². The summed E-state index contributed by atoms with van der Waals surface area (Å²) in [6, 6.07) is 56.8. The second-order valence-electron chi connectivity index (χ2n) is 14.1. The van der Waals surface area contributed by atoms with Gasteiger partial charge in [-0.05, 0) is 54.9 Å². The molecule has 0 N–H and O–H groups in total. The van der Waals surface area contributed by atoms with Gasteiger partial charge in [-0.2, -0.15) is 0 Å². The van der Waals surface area contributed by atoms with E-state index in [-0.39, 0.29) is 0 Å². The average molecular weight is 814 g/mol. The van der Waals surface area contributed by atoms with Gasteiger partial charge in [0.25, 0.3) is 0 Å². The molecule has 0 unspecified atom stereocenters. The van der Waals surface area contributed by atoms with Crippen molar-refractivity contribution in [3.8, 4) is 22.6 Å². The molecule has 7 aromatic carbocycles. The summed E-state index contributed by atoms with van der Waals surface area (Å²) >= 11 is 5.34. The van der Waals surface area contributed by atoms with Gasteiger partial charge in [-0.15, -0.1) is 34.0 Å². The minimum absolute atomic E-state index is 0.606. The molecule has 0 fully saturated rings. The Hall–Kier alpha value is -6.71. The molecule has 0 aliphatic rings. The molecule has 11 rings (SSSR count). The maximum Gasteiger partial charge on any atom is 0.161 e. The van der Waals surface area contributed by atoms with Crippen molar-refractivity contribution in [1.82, 2.24) is 9.97 Å². The summed E-state index contributed by atoms with van der Waals surface area (Å²) in [6.45, 7) is 8.66. The predicted molar refractivity (Wildman–Crippen MR) is 257 cm³/mol. The number of aliphatic imine (C=N–C) groups is 3. The normalized spacial score (nSPS) is 11.8. The lowest BCUT2D eigenvalue weighted by Crippen LogP contribution is -1.98. The maximum absolute atomic E-state index is 5.19. The molecule has 5 nitrogen and oxygen atoms in total. The van der Waals surface area contributed by atoms with E-state index in [0.29, 0.717) is 18.9 Å². The molecule has 0 amide bonds. The van der Waals surface area contributed by atoms with Crippen LogP contribution >= 0.6 is 34.0 Å². The van der Waals surface area contributed by atoms with E-state index in [1.54, 1.807) is 34.0 Å². The molecule has 11 aromatic rings. The van der Waals surface area contributed by atoms with Crippen molar-refractivity contribution >= 4 is 114 Å². The fraction of sp³-hybridized carbons (Fsp3) is 0.0392. The number of thiophene rings is 3. The molecule has 0 radical (unpaired) electrons. The summed E-state index contributed by atoms with van der Waals surface area (Å²) in [6.07, 6.45) is 0. The quantitative estimate of drug-likeness (QED) is 0.119. The first kappa shape index (κ1) is 36.6. The molecule has 59 heavy (non-hydrogen) atoms. The smallest absolute Gasteiger partial charge is 0.161 e. The third kappa shape index (κ3) is 6.81. The highest BCUT2D eigenvalue weighted by molar-refractivity contribution is 7.27. The van der Waals surface area contributed by atoms with Gasteiger partial charge in [-0.25, -0.2) is 15.0 Å². The van der Waals surface area contributed by atoms with Crippen LogP contribution in [0.2, 0.25) is 0 Å². The standard InChI is InChI=1S/C30H19N3S2.C21H16N2S/c1-31-17-19-11-7-16-24-25(19)21-13-8-14-22(28(21)35-24)30-32-26(18-9-3-2-4-10-18)29-27(33-30)20-12-5-6-15-23(20)34-29;1-22-21(23-14-15-8-3-2-4-9-15)18-12-7-11-17-16-10-5-6-13-19(16)24-20(17)18/h2-16H,1,17H2;2-13H,1,14H2. The summed E-state index contributed by atoms with van der Waals surface area (Å²) in [5.41, 5.74) is 7.60. The van der Waals surface area contributed by atoms with Crippen LogP contribution in [-0.4, -0.2) is 29.2 Å². The number of fused-ring (bicyclic) bond motifs is 9. The molecule has 0 bridgehead atoms. The van der Waals surface area contributed by atoms with Gasteiger partial charge in [0.2, 0.25) is 0 Å². The van der Waals surface area contributed by atoms with Gasteiger partial charge in [0, 0.05) is 67.1 Å². The number of hydrogen-bond donors (Lipinski definition) is 0. The zero-order chi connectivity index (χ0) is 39.7. The lowest BCUT2D eigenvalue weighted by molar-refractivity contribution is 1.06. The van der Waals surface area contributed by atoms with E-state index in [2.05, 4.69) is 163 Å². The van der Waals surface area contributed by atoms with E-state index in [1.807, 2.05) is 24.3 Å². The van der Waals surface area contributed by atoms with Crippen molar-refractivity contribution in [2.75, 3.05) is 0 Å². The van der Waals surface area contributed by atoms with E-state index < -0.39 is 0 Å². The van der Waals surface area contributed by atoms with Gasteiger partial charge in [-0.1, -0.05) is 133 Å². The van der Waals surface area contributed by atoms with Crippen LogP contribution in [0.15, 0.2) is 179 Å². The van der Waals surface area contributed by atoms with Crippen molar-refractivity contribution in [1.29, 1.82) is 0 Å². The molecule has 0 saturated heterocycles. The van der Waals surface area contributed by atoms with E-state index in [0.717, 1.165) is 38.4 Å². The Morgan fingerprint density at radius 3 is 1.93 bits per heavy atom. The van der Waals surface area contributed by atoms with Gasteiger partial charge >= 0.3 is 0 Å². The Morgan fingerprint density at radius 2 is 1.14 bits per heavy atom. The van der Waals surface area contributed by atoms with Crippen LogP contribution in [0.4, 0.5) is 0 Å². The number of benzene rings is 7. The van der Waals surface area contributed by atoms with Crippen molar-refractivity contribution in [2.24, 2.45) is 15.0 Å². The Kier molecular flexibility index (Phi) is 9.88. The second-order valence-corrected chi connectivity index (χ2v) is 17.2. The number of hydrogen-bond acceptors (Lipinski definition) is 7. The van der Waals surface area contributed by atoms with E-state index in [9.17, 15) is 0 Å². The fourth-order valence-electron chi connectivity index (χ4n) is 7.75. The SMILES string of the molecule is C=NC(=NCc1ccccc1)c1cccc2c1sc1ccccc12.C=NCc1cccc2sc3c(-c4nc(-c5ccccc5)c5sc6ccccc6c5n4)cccc3c12. The third-order valence-electron chi connectivity index (χ3n) is 10.4. The van der Waals surface area contributed by atoms with Gasteiger partial charge in [0.15, 0.2) is 11.7 Å². The monoisotopic (exact) mass is 813 g/mol. The van der Waals surface area contributed by atoms with Crippen molar-refractivity contribution < 1.29 is 0 Å². The van der Waals surface area contributed by atoms with E-state index in [4.69, 9.17) is 15.0 Å². The Labute approximate surface area is 353 Å². The lowest BCUT2D eigenvalue weighted by atomic mass is 10.0. The van der Waals surface area contributed by atoms with Gasteiger partial charge in [0.05, 0.1) is 29.0 Å². The highest BCUT2D eigenvalue weighted by Gasteiger charge is 2.19. The number of amidine groups is 1. The van der Waals surface area contributed by atoms with Crippen LogP contribution in [0.1, 0.15) is 16.7 Å². The van der Waals surface area contributed by atoms with Crippen molar-refractivity contribution in [3.63, 3.8) is 0 Å². The molecular formula is C51H35N5S3. The highest BCUT2D eigenvalue weighted by atomic mass is 32.1. The van der Waals surface area contributed by atoms with Crippen LogP contribution in [0, 0.1) is 0 Å². The molecular weight excluding hydrogens is 779 g/mol. The second kappa shape index (κ2) is 15.9. The summed E-state index contributed by atoms with van der Waals surface area (Å²) in [5.74, 6) is 1.47. The predicted octanol–water partition coefficient (Wildman–Crippen LogP) is 14.4. The number of nitrogens with zero attached hydrogens (tertiary/aromatic N) is 5. The first-order chi connectivity index (χ1) is 29.2. The minimum atomic E-state index is 0.606. The molecule has 0 saturated carbocycles. The molecule has 0 atom stereocenters. The summed E-state index contributed by atoms with van der Waals surface area (Å²) in [7, 11) is 0. The minimum Gasteiger partial charge on any atom is -0.296 e. The zero-order valence-corrected chi connectivity index (χ0v) is 34.3. The largest absolute Gasteiger partial charge is 0.296 e. The van der Waals surface area contributed by atoms with Crippen LogP contribution in [0.5, 0.6) is 0 Å².